The summed E-state index contributed by atoms with van der Waals surface area (Å²) in [5.74, 6) is -0.643. The number of rotatable bonds is 7. The third-order valence-corrected chi connectivity index (χ3v) is 5.07. The lowest BCUT2D eigenvalue weighted by Gasteiger charge is -2.07. The van der Waals surface area contributed by atoms with Crippen molar-refractivity contribution in [1.29, 1.82) is 0 Å². The van der Waals surface area contributed by atoms with E-state index in [1.165, 1.54) is 7.11 Å². The van der Waals surface area contributed by atoms with E-state index in [2.05, 4.69) is 4.98 Å². The number of benzene rings is 3. The van der Waals surface area contributed by atoms with Gasteiger partial charge in [0.25, 0.3) is 0 Å². The van der Waals surface area contributed by atoms with Gasteiger partial charge in [0.1, 0.15) is 12.4 Å². The fraction of sp³-hybridized carbons (Fsp3) is 0.0741. The molecule has 6 heteroatoms. The van der Waals surface area contributed by atoms with Crippen LogP contribution in [-0.4, -0.2) is 29.1 Å². The molecule has 33 heavy (non-hydrogen) atoms. The molecule has 0 radical (unpaired) electrons. The predicted octanol–water partition coefficient (Wildman–Crippen LogP) is 5.47. The van der Waals surface area contributed by atoms with E-state index in [-0.39, 0.29) is 11.5 Å². The van der Waals surface area contributed by atoms with Gasteiger partial charge in [-0.25, -0.2) is 14.6 Å². The van der Waals surface area contributed by atoms with Gasteiger partial charge in [-0.05, 0) is 53.6 Å². The molecule has 0 spiro atoms. The molecule has 4 aromatic rings. The Labute approximate surface area is 190 Å². The van der Waals surface area contributed by atoms with Crippen LogP contribution in [0.25, 0.3) is 23.1 Å². The quantitative estimate of drug-likeness (QED) is 0.385. The lowest BCUT2D eigenvalue weighted by molar-refractivity contribution is 0.0599. The second-order valence-electron chi connectivity index (χ2n) is 7.30. The van der Waals surface area contributed by atoms with Gasteiger partial charge in [0.15, 0.2) is 0 Å². The molecular formula is C27H21NO5. The van der Waals surface area contributed by atoms with Crippen molar-refractivity contribution >= 4 is 35.0 Å². The van der Waals surface area contributed by atoms with Crippen molar-refractivity contribution in [2.24, 2.45) is 0 Å². The zero-order valence-electron chi connectivity index (χ0n) is 17.9. The van der Waals surface area contributed by atoms with Gasteiger partial charge in [0.05, 0.1) is 29.4 Å². The average Bonchev–Trinajstić information content (AvgIpc) is 2.86. The highest BCUT2D eigenvalue weighted by atomic mass is 16.5. The van der Waals surface area contributed by atoms with Gasteiger partial charge in [-0.15, -0.1) is 0 Å². The van der Waals surface area contributed by atoms with Crippen LogP contribution in [0.15, 0.2) is 78.9 Å². The van der Waals surface area contributed by atoms with Crippen LogP contribution < -0.4 is 4.74 Å². The molecule has 0 amide bonds. The first-order chi connectivity index (χ1) is 16.0. The summed E-state index contributed by atoms with van der Waals surface area (Å²) in [5.41, 5.74) is 3.79. The monoisotopic (exact) mass is 439 g/mol. The first kappa shape index (κ1) is 21.8. The number of hydrogen-bond donors (Lipinski definition) is 1. The number of ether oxygens (including phenoxy) is 2. The first-order valence-electron chi connectivity index (χ1n) is 10.2. The molecule has 4 rings (SSSR count). The molecule has 6 nitrogen and oxygen atoms in total. The Morgan fingerprint density at radius 2 is 1.67 bits per heavy atom. The van der Waals surface area contributed by atoms with E-state index in [1.54, 1.807) is 42.5 Å². The SMILES string of the molecule is COC(=O)c1ccc(COc2ccc(C=Cc3cc(C(=O)O)c4ccccc4n3)cc2)cc1. The minimum atomic E-state index is -0.982. The van der Waals surface area contributed by atoms with Crippen LogP contribution in [0.3, 0.4) is 0 Å². The number of carboxylic acid groups (broad SMARTS) is 1. The Bertz CT molecular complexity index is 1330. The fourth-order valence-electron chi connectivity index (χ4n) is 3.34. The Morgan fingerprint density at radius 3 is 2.36 bits per heavy atom. The van der Waals surface area contributed by atoms with Gasteiger partial charge in [-0.1, -0.05) is 48.5 Å². The van der Waals surface area contributed by atoms with Crippen LogP contribution >= 0.6 is 0 Å². The highest BCUT2D eigenvalue weighted by molar-refractivity contribution is 6.03. The summed E-state index contributed by atoms with van der Waals surface area (Å²) in [6, 6.07) is 23.4. The zero-order valence-corrected chi connectivity index (χ0v) is 17.9. The molecule has 0 aliphatic carbocycles. The van der Waals surface area contributed by atoms with Crippen molar-refractivity contribution < 1.29 is 24.2 Å². The lowest BCUT2D eigenvalue weighted by Crippen LogP contribution is -2.01. The molecule has 0 saturated heterocycles. The number of methoxy groups -OCH3 is 1. The van der Waals surface area contributed by atoms with E-state index in [0.717, 1.165) is 11.1 Å². The Hall–Kier alpha value is -4.45. The number of aromatic nitrogens is 1. The molecule has 164 valence electrons. The molecular weight excluding hydrogens is 418 g/mol. The minimum Gasteiger partial charge on any atom is -0.489 e. The molecule has 0 aliphatic rings. The number of esters is 1. The number of hydrogen-bond acceptors (Lipinski definition) is 5. The third kappa shape index (κ3) is 5.25. The normalized spacial score (nSPS) is 10.9. The fourth-order valence-corrected chi connectivity index (χ4v) is 3.34. The molecule has 0 bridgehead atoms. The Balaban J connectivity index is 1.42. The van der Waals surface area contributed by atoms with E-state index in [0.29, 0.717) is 34.5 Å². The van der Waals surface area contributed by atoms with E-state index >= 15 is 0 Å². The van der Waals surface area contributed by atoms with Crippen LogP contribution in [0.4, 0.5) is 0 Å². The number of para-hydroxylation sites is 1. The molecule has 3 aromatic carbocycles. The van der Waals surface area contributed by atoms with E-state index < -0.39 is 5.97 Å². The summed E-state index contributed by atoms with van der Waals surface area (Å²) >= 11 is 0. The van der Waals surface area contributed by atoms with Crippen LogP contribution in [0, 0.1) is 0 Å². The van der Waals surface area contributed by atoms with E-state index in [9.17, 15) is 14.7 Å². The number of carbonyl (C=O) groups is 2. The maximum Gasteiger partial charge on any atom is 0.337 e. The lowest BCUT2D eigenvalue weighted by atomic mass is 10.1. The summed E-state index contributed by atoms with van der Waals surface area (Å²) in [6.45, 7) is 0.371. The van der Waals surface area contributed by atoms with E-state index in [4.69, 9.17) is 9.47 Å². The van der Waals surface area contributed by atoms with Gasteiger partial charge >= 0.3 is 11.9 Å². The number of aromatic carboxylic acids is 1. The largest absolute Gasteiger partial charge is 0.489 e. The van der Waals surface area contributed by atoms with Gasteiger partial charge in [-0.2, -0.15) is 0 Å². The molecule has 0 saturated carbocycles. The maximum absolute atomic E-state index is 11.6. The van der Waals surface area contributed by atoms with E-state index in [1.807, 2.05) is 48.5 Å². The van der Waals surface area contributed by atoms with Crippen molar-refractivity contribution in [2.45, 2.75) is 6.61 Å². The van der Waals surface area contributed by atoms with Crippen molar-refractivity contribution in [3.05, 3.63) is 107 Å². The minimum absolute atomic E-state index is 0.226. The average molecular weight is 439 g/mol. The highest BCUT2D eigenvalue weighted by Gasteiger charge is 2.10. The zero-order chi connectivity index (χ0) is 23.2. The summed E-state index contributed by atoms with van der Waals surface area (Å²) in [6.07, 6.45) is 3.66. The second kappa shape index (κ2) is 9.78. The first-order valence-corrected chi connectivity index (χ1v) is 10.2. The third-order valence-electron chi connectivity index (χ3n) is 5.07. The number of nitrogens with zero attached hydrogens (tertiary/aromatic N) is 1. The second-order valence-corrected chi connectivity index (χ2v) is 7.30. The Kier molecular flexibility index (Phi) is 6.45. The molecule has 0 aliphatic heterocycles. The summed E-state index contributed by atoms with van der Waals surface area (Å²) in [5, 5.41) is 10.1. The van der Waals surface area contributed by atoms with Crippen LogP contribution in [0.2, 0.25) is 0 Å². The predicted molar refractivity (Wildman–Crippen MR) is 126 cm³/mol. The summed E-state index contributed by atoms with van der Waals surface area (Å²) in [4.78, 5) is 27.6. The molecule has 1 aromatic heterocycles. The van der Waals surface area contributed by atoms with Crippen molar-refractivity contribution in [2.75, 3.05) is 7.11 Å². The van der Waals surface area contributed by atoms with Crippen molar-refractivity contribution in [3.63, 3.8) is 0 Å². The molecule has 1 heterocycles. The number of pyridine rings is 1. The van der Waals surface area contributed by atoms with Crippen molar-refractivity contribution in [1.82, 2.24) is 4.98 Å². The number of carboxylic acids is 1. The van der Waals surface area contributed by atoms with Crippen LogP contribution in [-0.2, 0) is 11.3 Å². The molecule has 1 N–H and O–H groups in total. The topological polar surface area (TPSA) is 85.7 Å². The number of fused-ring (bicyclic) bond motifs is 1. The molecule has 0 fully saturated rings. The van der Waals surface area contributed by atoms with Crippen LogP contribution in [0.5, 0.6) is 5.75 Å². The highest BCUT2D eigenvalue weighted by Crippen LogP contribution is 2.21. The van der Waals surface area contributed by atoms with Gasteiger partial charge in [0.2, 0.25) is 0 Å². The van der Waals surface area contributed by atoms with Gasteiger partial charge in [-0.3, -0.25) is 0 Å². The van der Waals surface area contributed by atoms with Crippen molar-refractivity contribution in [3.8, 4) is 5.75 Å². The number of carbonyl (C=O) groups excluding carboxylic acids is 1. The van der Waals surface area contributed by atoms with Gasteiger partial charge in [0, 0.05) is 5.39 Å². The Morgan fingerprint density at radius 1 is 0.939 bits per heavy atom. The smallest absolute Gasteiger partial charge is 0.337 e. The van der Waals surface area contributed by atoms with Gasteiger partial charge < -0.3 is 14.6 Å². The summed E-state index contributed by atoms with van der Waals surface area (Å²) < 4.78 is 10.5. The molecule has 0 atom stereocenters. The maximum atomic E-state index is 11.6. The standard InChI is InChI=1S/C27H21NO5/c1-32-27(31)20-11-6-19(7-12-20)17-33-22-14-9-18(10-15-22)8-13-21-16-24(26(29)30)23-4-2-3-5-25(23)28-21/h2-16H,17H2,1H3,(H,29,30). The van der Waals surface area contributed by atoms with Crippen LogP contribution in [0.1, 0.15) is 37.5 Å². The molecule has 0 unspecified atom stereocenters. The summed E-state index contributed by atoms with van der Waals surface area (Å²) in [7, 11) is 1.35.